The summed E-state index contributed by atoms with van der Waals surface area (Å²) in [6.07, 6.45) is 4.22. The normalized spacial score (nSPS) is 18.8. The van der Waals surface area contributed by atoms with Crippen molar-refractivity contribution in [3.8, 4) is 0 Å². The van der Waals surface area contributed by atoms with E-state index in [4.69, 9.17) is 10.8 Å². The molecule has 0 radical (unpaired) electrons. The Morgan fingerprint density at radius 3 is 3.05 bits per heavy atom. The van der Waals surface area contributed by atoms with Crippen LogP contribution in [0.2, 0.25) is 0 Å². The van der Waals surface area contributed by atoms with Gasteiger partial charge in [-0.15, -0.1) is 0 Å². The van der Waals surface area contributed by atoms with Crippen LogP contribution in [0.4, 0.5) is 5.69 Å². The zero-order valence-corrected chi connectivity index (χ0v) is 11.2. The van der Waals surface area contributed by atoms with Crippen LogP contribution in [0.25, 0.3) is 0 Å². The fourth-order valence-electron chi connectivity index (χ4n) is 2.77. The van der Waals surface area contributed by atoms with E-state index in [0.29, 0.717) is 18.2 Å². The molecule has 4 heteroatoms. The first-order chi connectivity index (χ1) is 9.20. The van der Waals surface area contributed by atoms with Crippen LogP contribution < -0.4 is 5.73 Å². The maximum Gasteiger partial charge on any atom is 0.227 e. The first-order valence-electron chi connectivity index (χ1n) is 6.95. The van der Waals surface area contributed by atoms with E-state index in [-0.39, 0.29) is 12.5 Å². The van der Waals surface area contributed by atoms with E-state index in [0.717, 1.165) is 37.8 Å². The number of carbonyl (C=O) groups excluding carboxylic acids is 1. The van der Waals surface area contributed by atoms with Gasteiger partial charge in [0.1, 0.15) is 0 Å². The van der Waals surface area contributed by atoms with Crippen molar-refractivity contribution in [2.45, 2.75) is 38.1 Å². The second-order valence-electron chi connectivity index (χ2n) is 5.17. The van der Waals surface area contributed by atoms with Gasteiger partial charge in [-0.05, 0) is 43.4 Å². The number of hydrogen-bond acceptors (Lipinski definition) is 3. The van der Waals surface area contributed by atoms with Crippen LogP contribution in [0.1, 0.15) is 31.2 Å². The molecule has 0 aliphatic carbocycles. The third-order valence-corrected chi connectivity index (χ3v) is 3.70. The lowest BCUT2D eigenvalue weighted by atomic mass is 10.1. The highest BCUT2D eigenvalue weighted by Gasteiger charge is 2.27. The second kappa shape index (κ2) is 6.57. The summed E-state index contributed by atoms with van der Waals surface area (Å²) in [5.41, 5.74) is 7.40. The monoisotopic (exact) mass is 262 g/mol. The lowest BCUT2D eigenvalue weighted by Gasteiger charge is -2.24. The molecule has 1 aromatic carbocycles. The quantitative estimate of drug-likeness (QED) is 0.792. The lowest BCUT2D eigenvalue weighted by Crippen LogP contribution is -2.36. The number of anilines is 1. The number of amides is 1. The topological polar surface area (TPSA) is 66.6 Å². The van der Waals surface area contributed by atoms with Gasteiger partial charge in [-0.25, -0.2) is 0 Å². The molecular formula is C15H22N2O2. The van der Waals surface area contributed by atoms with Gasteiger partial charge in [0.15, 0.2) is 0 Å². The van der Waals surface area contributed by atoms with Crippen LogP contribution in [0.3, 0.4) is 0 Å². The summed E-state index contributed by atoms with van der Waals surface area (Å²) >= 11 is 0. The van der Waals surface area contributed by atoms with Crippen LogP contribution in [-0.4, -0.2) is 35.1 Å². The Hall–Kier alpha value is -1.55. The highest BCUT2D eigenvalue weighted by Crippen LogP contribution is 2.22. The van der Waals surface area contributed by atoms with Crippen molar-refractivity contribution >= 4 is 11.6 Å². The van der Waals surface area contributed by atoms with Crippen molar-refractivity contribution in [3.63, 3.8) is 0 Å². The van der Waals surface area contributed by atoms with Crippen molar-refractivity contribution in [1.29, 1.82) is 0 Å². The summed E-state index contributed by atoms with van der Waals surface area (Å²) in [5.74, 6) is 0.172. The van der Waals surface area contributed by atoms with Gasteiger partial charge in [-0.2, -0.15) is 0 Å². The third kappa shape index (κ3) is 3.70. The van der Waals surface area contributed by atoms with Crippen LogP contribution >= 0.6 is 0 Å². The number of rotatable bonds is 5. The molecule has 1 unspecified atom stereocenters. The summed E-state index contributed by atoms with van der Waals surface area (Å²) in [4.78, 5) is 14.3. The van der Waals surface area contributed by atoms with Crippen LogP contribution in [0, 0.1) is 0 Å². The molecule has 4 nitrogen and oxygen atoms in total. The number of likely N-dealkylation sites (tertiary alicyclic amines) is 1. The number of aliphatic hydroxyl groups excluding tert-OH is 1. The Bertz CT molecular complexity index is 434. The van der Waals surface area contributed by atoms with Gasteiger partial charge >= 0.3 is 0 Å². The average Bonchev–Trinajstić information content (AvgIpc) is 2.84. The molecule has 1 aliphatic heterocycles. The van der Waals surface area contributed by atoms with Gasteiger partial charge in [0.2, 0.25) is 5.91 Å². The fraction of sp³-hybridized carbons (Fsp3) is 0.533. The molecule has 19 heavy (non-hydrogen) atoms. The molecule has 0 spiro atoms. The summed E-state index contributed by atoms with van der Waals surface area (Å²) < 4.78 is 0. The van der Waals surface area contributed by atoms with E-state index >= 15 is 0 Å². The maximum absolute atomic E-state index is 12.3. The molecule has 0 aromatic heterocycles. The van der Waals surface area contributed by atoms with Gasteiger partial charge in [0.05, 0.1) is 6.42 Å². The standard InChI is InChI=1S/C15H22N2O2/c16-13-5-1-4-12(10-13)11-15(19)17-8-2-6-14(17)7-3-9-18/h1,4-5,10,14,18H,2-3,6-9,11,16H2. The number of aliphatic hydroxyl groups is 1. The van der Waals surface area contributed by atoms with Gasteiger partial charge in [0, 0.05) is 24.9 Å². The average molecular weight is 262 g/mol. The van der Waals surface area contributed by atoms with Crippen molar-refractivity contribution in [1.82, 2.24) is 4.90 Å². The van der Waals surface area contributed by atoms with Gasteiger partial charge in [0.25, 0.3) is 0 Å². The molecule has 1 saturated heterocycles. The van der Waals surface area contributed by atoms with Gasteiger partial charge < -0.3 is 15.7 Å². The highest BCUT2D eigenvalue weighted by molar-refractivity contribution is 5.79. The molecule has 3 N–H and O–H groups in total. The van der Waals surface area contributed by atoms with Crippen molar-refractivity contribution in [3.05, 3.63) is 29.8 Å². The minimum absolute atomic E-state index is 0.172. The van der Waals surface area contributed by atoms with E-state index in [1.807, 2.05) is 29.2 Å². The molecule has 1 fully saturated rings. The molecule has 0 bridgehead atoms. The first-order valence-corrected chi connectivity index (χ1v) is 6.95. The Kier molecular flexibility index (Phi) is 4.80. The molecule has 2 rings (SSSR count). The highest BCUT2D eigenvalue weighted by atomic mass is 16.3. The number of nitrogen functional groups attached to an aromatic ring is 1. The summed E-state index contributed by atoms with van der Waals surface area (Å²) in [6, 6.07) is 7.81. The number of nitrogens with two attached hydrogens (primary N) is 1. The van der Waals surface area contributed by atoms with E-state index in [2.05, 4.69) is 0 Å². The van der Waals surface area contributed by atoms with E-state index in [1.54, 1.807) is 0 Å². The molecule has 1 amide bonds. The minimum atomic E-state index is 0.172. The molecule has 1 aliphatic rings. The number of nitrogens with zero attached hydrogens (tertiary/aromatic N) is 1. The second-order valence-corrected chi connectivity index (χ2v) is 5.17. The molecule has 104 valence electrons. The third-order valence-electron chi connectivity index (χ3n) is 3.70. The lowest BCUT2D eigenvalue weighted by molar-refractivity contribution is -0.131. The van der Waals surface area contributed by atoms with Gasteiger partial charge in [-0.3, -0.25) is 4.79 Å². The molecule has 1 heterocycles. The summed E-state index contributed by atoms with van der Waals surface area (Å²) in [5, 5.41) is 8.90. The number of benzene rings is 1. The van der Waals surface area contributed by atoms with E-state index in [9.17, 15) is 4.79 Å². The zero-order chi connectivity index (χ0) is 13.7. The van der Waals surface area contributed by atoms with Crippen molar-refractivity contribution in [2.24, 2.45) is 0 Å². The zero-order valence-electron chi connectivity index (χ0n) is 11.2. The molecule has 0 saturated carbocycles. The first kappa shape index (κ1) is 13.9. The van der Waals surface area contributed by atoms with Crippen LogP contribution in [-0.2, 0) is 11.2 Å². The maximum atomic E-state index is 12.3. The number of carbonyl (C=O) groups is 1. The fourth-order valence-corrected chi connectivity index (χ4v) is 2.77. The van der Waals surface area contributed by atoms with Crippen molar-refractivity contribution < 1.29 is 9.90 Å². The molecular weight excluding hydrogens is 240 g/mol. The Morgan fingerprint density at radius 1 is 1.47 bits per heavy atom. The Balaban J connectivity index is 1.95. The smallest absolute Gasteiger partial charge is 0.227 e. The molecule has 1 atom stereocenters. The van der Waals surface area contributed by atoms with Crippen molar-refractivity contribution in [2.75, 3.05) is 18.9 Å². The summed E-state index contributed by atoms with van der Waals surface area (Å²) in [7, 11) is 0. The predicted molar refractivity (Wildman–Crippen MR) is 75.6 cm³/mol. The minimum Gasteiger partial charge on any atom is -0.399 e. The van der Waals surface area contributed by atoms with E-state index in [1.165, 1.54) is 0 Å². The summed E-state index contributed by atoms with van der Waals surface area (Å²) in [6.45, 7) is 1.05. The van der Waals surface area contributed by atoms with E-state index < -0.39 is 0 Å². The molecule has 1 aromatic rings. The SMILES string of the molecule is Nc1cccc(CC(=O)N2CCCC2CCCO)c1. The van der Waals surface area contributed by atoms with Crippen LogP contribution in [0.15, 0.2) is 24.3 Å². The Labute approximate surface area is 114 Å². The Morgan fingerprint density at radius 2 is 2.32 bits per heavy atom. The van der Waals surface area contributed by atoms with Gasteiger partial charge in [-0.1, -0.05) is 12.1 Å². The largest absolute Gasteiger partial charge is 0.399 e. The number of hydrogen-bond donors (Lipinski definition) is 2. The predicted octanol–water partition coefficient (Wildman–Crippen LogP) is 1.57. The van der Waals surface area contributed by atoms with Crippen LogP contribution in [0.5, 0.6) is 0 Å².